The molecule has 1 amide bonds. The third-order valence-corrected chi connectivity index (χ3v) is 4.31. The molecule has 0 atom stereocenters. The number of carbonyl (C=O) groups is 1. The molecule has 130 valence electrons. The van der Waals surface area contributed by atoms with Gasteiger partial charge in [0.15, 0.2) is 0 Å². The molecule has 1 heterocycles. The van der Waals surface area contributed by atoms with Crippen molar-refractivity contribution in [3.63, 3.8) is 0 Å². The number of amides is 1. The Kier molecular flexibility index (Phi) is 5.49. The van der Waals surface area contributed by atoms with Crippen LogP contribution in [0.4, 0.5) is 0 Å². The van der Waals surface area contributed by atoms with Crippen molar-refractivity contribution in [1.82, 2.24) is 14.9 Å². The van der Waals surface area contributed by atoms with E-state index in [-0.39, 0.29) is 5.91 Å². The van der Waals surface area contributed by atoms with E-state index in [0.717, 1.165) is 29.6 Å². The van der Waals surface area contributed by atoms with Crippen LogP contribution in [0.3, 0.4) is 0 Å². The van der Waals surface area contributed by atoms with Gasteiger partial charge in [-0.2, -0.15) is 0 Å². The van der Waals surface area contributed by atoms with Gasteiger partial charge < -0.3 is 9.88 Å². The largest absolute Gasteiger partial charge is 0.352 e. The van der Waals surface area contributed by atoms with E-state index < -0.39 is 0 Å². The predicted octanol–water partition coefficient (Wildman–Crippen LogP) is 4.14. The molecule has 4 heteroatoms. The van der Waals surface area contributed by atoms with Gasteiger partial charge in [-0.15, -0.1) is 0 Å². The minimum Gasteiger partial charge on any atom is -0.352 e. The highest BCUT2D eigenvalue weighted by Gasteiger charge is 2.05. The second-order valence-electron chi connectivity index (χ2n) is 6.89. The smallest absolute Gasteiger partial charge is 0.220 e. The average Bonchev–Trinajstić information content (AvgIpc) is 3.02. The second kappa shape index (κ2) is 7.97. The molecule has 0 saturated heterocycles. The molecule has 0 unspecified atom stereocenters. The van der Waals surface area contributed by atoms with Crippen LogP contribution in [-0.2, 0) is 17.9 Å². The SMILES string of the molecule is CC(C)CCC(=O)NCc1cccc(Cn2cnc3ccccc32)c1. The van der Waals surface area contributed by atoms with Crippen molar-refractivity contribution in [1.29, 1.82) is 0 Å². The summed E-state index contributed by atoms with van der Waals surface area (Å²) >= 11 is 0. The van der Waals surface area contributed by atoms with E-state index in [2.05, 4.69) is 53.0 Å². The van der Waals surface area contributed by atoms with Crippen molar-refractivity contribution in [2.45, 2.75) is 39.8 Å². The summed E-state index contributed by atoms with van der Waals surface area (Å²) < 4.78 is 2.15. The molecule has 1 aromatic heterocycles. The quantitative estimate of drug-likeness (QED) is 0.705. The van der Waals surface area contributed by atoms with E-state index in [1.54, 1.807) is 0 Å². The van der Waals surface area contributed by atoms with E-state index in [1.807, 2.05) is 30.6 Å². The summed E-state index contributed by atoms with van der Waals surface area (Å²) in [6, 6.07) is 16.5. The van der Waals surface area contributed by atoms with E-state index in [1.165, 1.54) is 5.56 Å². The topological polar surface area (TPSA) is 46.9 Å². The summed E-state index contributed by atoms with van der Waals surface area (Å²) in [7, 11) is 0. The Hall–Kier alpha value is -2.62. The van der Waals surface area contributed by atoms with Crippen LogP contribution < -0.4 is 5.32 Å². The fourth-order valence-corrected chi connectivity index (χ4v) is 2.88. The Bertz CT molecular complexity index is 851. The zero-order valence-corrected chi connectivity index (χ0v) is 14.9. The van der Waals surface area contributed by atoms with Crippen molar-refractivity contribution in [3.8, 4) is 0 Å². The minimum atomic E-state index is 0.125. The lowest BCUT2D eigenvalue weighted by Crippen LogP contribution is -2.22. The maximum atomic E-state index is 11.9. The molecule has 0 aliphatic rings. The average molecular weight is 335 g/mol. The summed E-state index contributed by atoms with van der Waals surface area (Å²) in [6.45, 7) is 5.62. The lowest BCUT2D eigenvalue weighted by atomic mass is 10.1. The highest BCUT2D eigenvalue weighted by molar-refractivity contribution is 5.76. The van der Waals surface area contributed by atoms with Gasteiger partial charge in [-0.1, -0.05) is 50.2 Å². The summed E-state index contributed by atoms with van der Waals surface area (Å²) in [4.78, 5) is 16.3. The molecule has 4 nitrogen and oxygen atoms in total. The number of nitrogens with zero attached hydrogens (tertiary/aromatic N) is 2. The van der Waals surface area contributed by atoms with Crippen LogP contribution in [0, 0.1) is 5.92 Å². The Morgan fingerprint density at radius 1 is 1.12 bits per heavy atom. The number of carbonyl (C=O) groups excluding carboxylic acids is 1. The van der Waals surface area contributed by atoms with Crippen LogP contribution >= 0.6 is 0 Å². The zero-order chi connectivity index (χ0) is 17.6. The first-order chi connectivity index (χ1) is 12.1. The molecule has 25 heavy (non-hydrogen) atoms. The first-order valence-corrected chi connectivity index (χ1v) is 8.86. The van der Waals surface area contributed by atoms with Crippen LogP contribution in [0.1, 0.15) is 37.8 Å². The van der Waals surface area contributed by atoms with Gasteiger partial charge in [0.05, 0.1) is 17.4 Å². The summed E-state index contributed by atoms with van der Waals surface area (Å²) in [5.41, 5.74) is 4.47. The molecule has 0 fully saturated rings. The number of hydrogen-bond acceptors (Lipinski definition) is 2. The van der Waals surface area contributed by atoms with E-state index in [0.29, 0.717) is 18.9 Å². The standard InChI is InChI=1S/C21H25N3O/c1-16(2)10-11-21(25)22-13-17-6-5-7-18(12-17)14-24-15-23-19-8-3-4-9-20(19)24/h3-9,12,15-16H,10-11,13-14H2,1-2H3,(H,22,25). The maximum absolute atomic E-state index is 11.9. The molecule has 0 bridgehead atoms. The van der Waals surface area contributed by atoms with Crippen molar-refractivity contribution in [3.05, 3.63) is 66.0 Å². The summed E-state index contributed by atoms with van der Waals surface area (Å²) in [5.74, 6) is 0.679. The molecule has 0 spiro atoms. The molecule has 0 aliphatic carbocycles. The first kappa shape index (κ1) is 17.2. The molecule has 2 aromatic carbocycles. The van der Waals surface area contributed by atoms with Crippen molar-refractivity contribution in [2.24, 2.45) is 5.92 Å². The summed E-state index contributed by atoms with van der Waals surface area (Å²) in [6.07, 6.45) is 3.41. The van der Waals surface area contributed by atoms with Crippen LogP contribution in [0.15, 0.2) is 54.9 Å². The number of para-hydroxylation sites is 2. The highest BCUT2D eigenvalue weighted by atomic mass is 16.1. The van der Waals surface area contributed by atoms with Gasteiger partial charge in [-0.05, 0) is 35.6 Å². The van der Waals surface area contributed by atoms with Crippen LogP contribution in [-0.4, -0.2) is 15.5 Å². The number of hydrogen-bond donors (Lipinski definition) is 1. The van der Waals surface area contributed by atoms with Gasteiger partial charge in [-0.3, -0.25) is 4.79 Å². The lowest BCUT2D eigenvalue weighted by molar-refractivity contribution is -0.121. The molecule has 3 rings (SSSR count). The number of fused-ring (bicyclic) bond motifs is 1. The van der Waals surface area contributed by atoms with Crippen LogP contribution in [0.5, 0.6) is 0 Å². The summed E-state index contributed by atoms with van der Waals surface area (Å²) in [5, 5.41) is 3.01. The van der Waals surface area contributed by atoms with Gasteiger partial charge >= 0.3 is 0 Å². The molecular weight excluding hydrogens is 310 g/mol. The Morgan fingerprint density at radius 3 is 2.76 bits per heavy atom. The van der Waals surface area contributed by atoms with E-state index in [4.69, 9.17) is 0 Å². The van der Waals surface area contributed by atoms with Crippen molar-refractivity contribution in [2.75, 3.05) is 0 Å². The number of nitrogens with one attached hydrogen (secondary N) is 1. The van der Waals surface area contributed by atoms with Gasteiger partial charge in [0.25, 0.3) is 0 Å². The lowest BCUT2D eigenvalue weighted by Gasteiger charge is -2.09. The van der Waals surface area contributed by atoms with E-state index >= 15 is 0 Å². The third-order valence-electron chi connectivity index (χ3n) is 4.31. The molecule has 1 N–H and O–H groups in total. The Labute approximate surface area is 148 Å². The number of imidazole rings is 1. The molecule has 0 saturated carbocycles. The number of rotatable bonds is 7. The molecule has 0 radical (unpaired) electrons. The third kappa shape index (κ3) is 4.69. The fraction of sp³-hybridized carbons (Fsp3) is 0.333. The Balaban J connectivity index is 1.62. The number of aromatic nitrogens is 2. The first-order valence-electron chi connectivity index (χ1n) is 8.86. The molecule has 3 aromatic rings. The fourth-order valence-electron chi connectivity index (χ4n) is 2.88. The van der Waals surface area contributed by atoms with Crippen LogP contribution in [0.2, 0.25) is 0 Å². The zero-order valence-electron chi connectivity index (χ0n) is 14.9. The number of benzene rings is 2. The van der Waals surface area contributed by atoms with Gasteiger partial charge in [0.1, 0.15) is 0 Å². The molecular formula is C21H25N3O. The highest BCUT2D eigenvalue weighted by Crippen LogP contribution is 2.15. The van der Waals surface area contributed by atoms with Crippen molar-refractivity contribution < 1.29 is 4.79 Å². The second-order valence-corrected chi connectivity index (χ2v) is 6.89. The van der Waals surface area contributed by atoms with Crippen LogP contribution in [0.25, 0.3) is 11.0 Å². The normalized spacial score (nSPS) is 11.2. The van der Waals surface area contributed by atoms with Gasteiger partial charge in [0, 0.05) is 19.5 Å². The van der Waals surface area contributed by atoms with Gasteiger partial charge in [-0.25, -0.2) is 4.98 Å². The minimum absolute atomic E-state index is 0.125. The van der Waals surface area contributed by atoms with E-state index in [9.17, 15) is 4.79 Å². The molecule has 0 aliphatic heterocycles. The monoisotopic (exact) mass is 335 g/mol. The van der Waals surface area contributed by atoms with Gasteiger partial charge in [0.2, 0.25) is 5.91 Å². The maximum Gasteiger partial charge on any atom is 0.220 e. The Morgan fingerprint density at radius 2 is 1.92 bits per heavy atom. The predicted molar refractivity (Wildman–Crippen MR) is 101 cm³/mol. The van der Waals surface area contributed by atoms with Crippen molar-refractivity contribution >= 4 is 16.9 Å².